The Bertz CT molecular complexity index is 689. The van der Waals surface area contributed by atoms with Crippen LogP contribution in [-0.4, -0.2) is 31.2 Å². The van der Waals surface area contributed by atoms with Crippen LogP contribution >= 0.6 is 0 Å². The summed E-state index contributed by atoms with van der Waals surface area (Å²) in [6.07, 6.45) is 19.4. The first-order chi connectivity index (χ1) is 14.0. The summed E-state index contributed by atoms with van der Waals surface area (Å²) in [7, 11) is 1.91. The van der Waals surface area contributed by atoms with E-state index < -0.39 is 0 Å². The van der Waals surface area contributed by atoms with E-state index in [-0.39, 0.29) is 0 Å². The van der Waals surface area contributed by atoms with Gasteiger partial charge >= 0.3 is 0 Å². The molecule has 1 heterocycles. The number of hydrogen-bond acceptors (Lipinski definition) is 2. The molecule has 1 saturated heterocycles. The van der Waals surface area contributed by atoms with Crippen molar-refractivity contribution in [2.75, 3.05) is 20.2 Å². The Morgan fingerprint density at radius 1 is 1.03 bits per heavy atom. The highest BCUT2D eigenvalue weighted by atomic mass is 16.5. The fourth-order valence-corrected chi connectivity index (χ4v) is 8.56. The fraction of sp³-hybridized carbons (Fsp3) is 0.852. The van der Waals surface area contributed by atoms with Gasteiger partial charge in [0.15, 0.2) is 0 Å². The van der Waals surface area contributed by atoms with Gasteiger partial charge in [-0.05, 0) is 93.3 Å². The highest BCUT2D eigenvalue weighted by molar-refractivity contribution is 5.31. The van der Waals surface area contributed by atoms with E-state index in [9.17, 15) is 0 Å². The summed E-state index contributed by atoms with van der Waals surface area (Å²) in [6.45, 7) is 10.3. The summed E-state index contributed by atoms with van der Waals surface area (Å²) in [5.74, 6) is 3.40. The van der Waals surface area contributed by atoms with Crippen molar-refractivity contribution in [1.29, 1.82) is 0 Å². The SMILES string of the molecule is CCC1C=C2CC(OC)CC[C@]2(C)[C@@H]2CC[C@]3(C)C(N4CCCCC4)=CC[C@H]3[C@H]12. The molecule has 2 unspecified atom stereocenters. The van der Waals surface area contributed by atoms with Gasteiger partial charge in [0.2, 0.25) is 0 Å². The lowest BCUT2D eigenvalue weighted by molar-refractivity contribution is -0.0614. The maximum atomic E-state index is 5.80. The smallest absolute Gasteiger partial charge is 0.0608 e. The van der Waals surface area contributed by atoms with Crippen LogP contribution in [-0.2, 0) is 4.74 Å². The third-order valence-corrected chi connectivity index (χ3v) is 10.3. The molecule has 5 aliphatic rings. The van der Waals surface area contributed by atoms with Crippen LogP contribution in [0.4, 0.5) is 0 Å². The second-order valence-electron chi connectivity index (χ2n) is 11.4. The Hall–Kier alpha value is -0.760. The summed E-state index contributed by atoms with van der Waals surface area (Å²) >= 11 is 0. The van der Waals surface area contributed by atoms with Gasteiger partial charge in [0.25, 0.3) is 0 Å². The van der Waals surface area contributed by atoms with Crippen molar-refractivity contribution in [3.63, 3.8) is 0 Å². The standard InChI is InChI=1S/C27H43NO/c1-5-19-17-20-18-21(29-4)11-13-26(20,2)23-12-14-27(3)22(25(19)23)9-10-24(27)28-15-7-6-8-16-28/h10,17,19,21-23,25H,5-9,11-16,18H2,1-4H3/t19?,21?,22-,23+,25-,26-,27-/m0/s1. The molecule has 3 fully saturated rings. The number of allylic oxidation sites excluding steroid dienone is 3. The Morgan fingerprint density at radius 3 is 2.52 bits per heavy atom. The van der Waals surface area contributed by atoms with Crippen LogP contribution in [0.5, 0.6) is 0 Å². The minimum absolute atomic E-state index is 0.428. The van der Waals surface area contributed by atoms with Crippen LogP contribution < -0.4 is 0 Å². The maximum Gasteiger partial charge on any atom is 0.0608 e. The van der Waals surface area contributed by atoms with Gasteiger partial charge in [0.1, 0.15) is 0 Å². The van der Waals surface area contributed by atoms with Gasteiger partial charge in [-0.3, -0.25) is 0 Å². The normalized spacial score (nSPS) is 47.0. The lowest BCUT2D eigenvalue weighted by Crippen LogP contribution is -2.53. The Balaban J connectivity index is 1.46. The van der Waals surface area contributed by atoms with Gasteiger partial charge in [0, 0.05) is 31.3 Å². The highest BCUT2D eigenvalue weighted by Crippen LogP contribution is 2.66. The minimum atomic E-state index is 0.428. The van der Waals surface area contributed by atoms with Gasteiger partial charge in [0.05, 0.1) is 6.10 Å². The molecule has 0 aromatic heterocycles. The van der Waals surface area contributed by atoms with Gasteiger partial charge in [-0.2, -0.15) is 0 Å². The molecule has 2 saturated carbocycles. The first-order valence-electron chi connectivity index (χ1n) is 12.7. The number of nitrogens with zero attached hydrogens (tertiary/aromatic N) is 1. The zero-order chi connectivity index (χ0) is 20.2. The molecule has 0 radical (unpaired) electrons. The van der Waals surface area contributed by atoms with E-state index in [0.29, 0.717) is 16.9 Å². The lowest BCUT2D eigenvalue weighted by atomic mass is 9.45. The van der Waals surface area contributed by atoms with Crippen LogP contribution in [0.2, 0.25) is 0 Å². The fourth-order valence-electron chi connectivity index (χ4n) is 8.56. The molecule has 4 aliphatic carbocycles. The zero-order valence-electron chi connectivity index (χ0n) is 19.4. The summed E-state index contributed by atoms with van der Waals surface area (Å²) in [6, 6.07) is 0. The molecule has 2 nitrogen and oxygen atoms in total. The van der Waals surface area contributed by atoms with Crippen molar-refractivity contribution < 1.29 is 4.74 Å². The Labute approximate surface area is 179 Å². The van der Waals surface area contributed by atoms with E-state index in [0.717, 1.165) is 23.7 Å². The van der Waals surface area contributed by atoms with Gasteiger partial charge in [-0.25, -0.2) is 0 Å². The lowest BCUT2D eigenvalue weighted by Gasteiger charge is -2.60. The van der Waals surface area contributed by atoms with Crippen molar-refractivity contribution in [3.05, 3.63) is 23.4 Å². The van der Waals surface area contributed by atoms with E-state index in [4.69, 9.17) is 4.74 Å². The second kappa shape index (κ2) is 7.43. The van der Waals surface area contributed by atoms with Gasteiger partial charge < -0.3 is 9.64 Å². The number of fused-ring (bicyclic) bond motifs is 5. The van der Waals surface area contributed by atoms with E-state index in [2.05, 4.69) is 37.8 Å². The molecule has 0 spiro atoms. The molecule has 0 amide bonds. The van der Waals surface area contributed by atoms with Gasteiger partial charge in [-0.15, -0.1) is 0 Å². The summed E-state index contributed by atoms with van der Waals surface area (Å²) < 4.78 is 5.80. The average Bonchev–Trinajstić information content (AvgIpc) is 3.10. The molecule has 7 atom stereocenters. The molecule has 162 valence electrons. The molecule has 0 bridgehead atoms. The summed E-state index contributed by atoms with van der Waals surface area (Å²) in [5.41, 5.74) is 4.37. The van der Waals surface area contributed by atoms with Crippen LogP contribution in [0.3, 0.4) is 0 Å². The first-order valence-corrected chi connectivity index (χ1v) is 12.7. The Morgan fingerprint density at radius 2 is 1.79 bits per heavy atom. The molecule has 2 heteroatoms. The number of ether oxygens (including phenoxy) is 1. The van der Waals surface area contributed by atoms with Gasteiger partial charge in [-0.1, -0.05) is 38.5 Å². The first kappa shape index (κ1) is 20.2. The topological polar surface area (TPSA) is 12.5 Å². The number of rotatable bonds is 3. The van der Waals surface area contributed by atoms with Crippen molar-refractivity contribution in [2.24, 2.45) is 34.5 Å². The second-order valence-corrected chi connectivity index (χ2v) is 11.4. The molecular weight excluding hydrogens is 354 g/mol. The van der Waals surface area contributed by atoms with Crippen LogP contribution in [0.25, 0.3) is 0 Å². The molecule has 0 N–H and O–H groups in total. The van der Waals surface area contributed by atoms with Crippen molar-refractivity contribution in [3.8, 4) is 0 Å². The quantitative estimate of drug-likeness (QED) is 0.499. The van der Waals surface area contributed by atoms with Crippen LogP contribution in [0, 0.1) is 34.5 Å². The molecular formula is C27H43NO. The molecule has 1 aliphatic heterocycles. The predicted octanol–water partition coefficient (Wildman–Crippen LogP) is 6.58. The van der Waals surface area contributed by atoms with E-state index in [1.807, 2.05) is 7.11 Å². The number of likely N-dealkylation sites (tertiary alicyclic amines) is 1. The van der Waals surface area contributed by atoms with Crippen LogP contribution in [0.15, 0.2) is 23.4 Å². The largest absolute Gasteiger partial charge is 0.381 e. The molecule has 5 rings (SSSR count). The highest BCUT2D eigenvalue weighted by Gasteiger charge is 2.59. The van der Waals surface area contributed by atoms with Crippen molar-refractivity contribution >= 4 is 0 Å². The number of hydrogen-bond donors (Lipinski definition) is 0. The number of piperidine rings is 1. The maximum absolute atomic E-state index is 5.80. The minimum Gasteiger partial charge on any atom is -0.381 e. The van der Waals surface area contributed by atoms with E-state index in [1.54, 1.807) is 11.3 Å². The summed E-state index contributed by atoms with van der Waals surface area (Å²) in [5, 5.41) is 0. The monoisotopic (exact) mass is 397 g/mol. The molecule has 0 aromatic carbocycles. The third kappa shape index (κ3) is 2.99. The summed E-state index contributed by atoms with van der Waals surface area (Å²) in [4.78, 5) is 2.79. The number of methoxy groups -OCH3 is 1. The third-order valence-electron chi connectivity index (χ3n) is 10.3. The molecule has 29 heavy (non-hydrogen) atoms. The van der Waals surface area contributed by atoms with Crippen molar-refractivity contribution in [2.45, 2.75) is 91.1 Å². The predicted molar refractivity (Wildman–Crippen MR) is 121 cm³/mol. The van der Waals surface area contributed by atoms with E-state index in [1.165, 1.54) is 77.3 Å². The average molecular weight is 398 g/mol. The molecule has 0 aromatic rings. The Kier molecular flexibility index (Phi) is 5.17. The van der Waals surface area contributed by atoms with E-state index >= 15 is 0 Å². The zero-order valence-corrected chi connectivity index (χ0v) is 19.4. The van der Waals surface area contributed by atoms with Crippen molar-refractivity contribution in [1.82, 2.24) is 4.90 Å². The van der Waals surface area contributed by atoms with Crippen LogP contribution in [0.1, 0.15) is 85.0 Å².